The molecule has 5 nitrogen and oxygen atoms in total. The van der Waals surface area contributed by atoms with Crippen LogP contribution in [0.5, 0.6) is 5.75 Å². The Labute approximate surface area is 190 Å². The van der Waals surface area contributed by atoms with Gasteiger partial charge in [-0.15, -0.1) is 0 Å². The van der Waals surface area contributed by atoms with Crippen LogP contribution in [-0.4, -0.2) is 16.9 Å². The fourth-order valence-electron chi connectivity index (χ4n) is 3.74. The lowest BCUT2D eigenvalue weighted by Gasteiger charge is -2.13. The molecule has 33 heavy (non-hydrogen) atoms. The first-order valence-electron chi connectivity index (χ1n) is 10.5. The van der Waals surface area contributed by atoms with Crippen LogP contribution in [0.15, 0.2) is 103 Å². The van der Waals surface area contributed by atoms with Crippen molar-refractivity contribution in [1.29, 1.82) is 0 Å². The number of benzene rings is 4. The van der Waals surface area contributed by atoms with E-state index >= 15 is 0 Å². The minimum atomic E-state index is -0.563. The Kier molecular flexibility index (Phi) is 5.52. The number of ether oxygens (including phenoxy) is 2. The van der Waals surface area contributed by atoms with Crippen molar-refractivity contribution in [2.75, 3.05) is 0 Å². The molecule has 0 unspecified atom stereocenters. The number of rotatable bonds is 5. The molecule has 0 saturated carbocycles. The minimum Gasteiger partial charge on any atom is -0.457 e. The molecular weight excluding hydrogens is 414 g/mol. The molecule has 0 spiro atoms. The van der Waals surface area contributed by atoms with Crippen molar-refractivity contribution in [1.82, 2.24) is 4.98 Å². The van der Waals surface area contributed by atoms with Gasteiger partial charge in [0, 0.05) is 10.8 Å². The van der Waals surface area contributed by atoms with E-state index in [1.54, 1.807) is 24.3 Å². The third-order valence-electron chi connectivity index (χ3n) is 5.31. The highest BCUT2D eigenvalue weighted by Crippen LogP contribution is 2.28. The Hall–Kier alpha value is -4.51. The Bertz CT molecular complexity index is 1420. The van der Waals surface area contributed by atoms with Gasteiger partial charge in [-0.2, -0.15) is 0 Å². The lowest BCUT2D eigenvalue weighted by Crippen LogP contribution is -2.14. The average Bonchev–Trinajstić information content (AvgIpc) is 2.86. The number of carbonyl (C=O) groups is 2. The second-order valence-electron chi connectivity index (χ2n) is 7.47. The molecule has 0 saturated heterocycles. The second kappa shape index (κ2) is 8.93. The first kappa shape index (κ1) is 20.4. The van der Waals surface area contributed by atoms with Gasteiger partial charge in [0.05, 0.1) is 16.6 Å². The number of para-hydroxylation sites is 3. The van der Waals surface area contributed by atoms with Crippen LogP contribution in [-0.2, 0) is 11.3 Å². The monoisotopic (exact) mass is 433 g/mol. The van der Waals surface area contributed by atoms with E-state index in [1.807, 2.05) is 78.9 Å². The van der Waals surface area contributed by atoms with Gasteiger partial charge in [0.1, 0.15) is 17.9 Å². The maximum Gasteiger partial charge on any atom is 0.344 e. The van der Waals surface area contributed by atoms with Gasteiger partial charge in [-0.1, -0.05) is 78.9 Å². The molecule has 0 atom stereocenters. The highest BCUT2D eigenvalue weighted by molar-refractivity contribution is 6.15. The van der Waals surface area contributed by atoms with E-state index in [1.165, 1.54) is 0 Å². The Balaban J connectivity index is 1.48. The molecule has 0 aliphatic rings. The molecule has 1 heterocycles. The SMILES string of the molecule is O=C(OCc1ccccc1)c1ccccc1OC(=O)c1c2ccccc2nc2ccccc12. The van der Waals surface area contributed by atoms with Crippen molar-refractivity contribution in [3.05, 3.63) is 120 Å². The quantitative estimate of drug-likeness (QED) is 0.194. The largest absolute Gasteiger partial charge is 0.457 e. The number of carbonyl (C=O) groups excluding carboxylic acids is 2. The molecule has 0 aliphatic carbocycles. The topological polar surface area (TPSA) is 65.5 Å². The van der Waals surface area contributed by atoms with Crippen LogP contribution in [0.1, 0.15) is 26.3 Å². The summed E-state index contributed by atoms with van der Waals surface area (Å²) in [4.78, 5) is 30.8. The van der Waals surface area contributed by atoms with Crippen molar-refractivity contribution in [3.8, 4) is 5.75 Å². The van der Waals surface area contributed by atoms with Gasteiger partial charge < -0.3 is 9.47 Å². The van der Waals surface area contributed by atoms with E-state index in [4.69, 9.17) is 9.47 Å². The summed E-state index contributed by atoms with van der Waals surface area (Å²) in [6.07, 6.45) is 0. The maximum atomic E-state index is 13.4. The fourth-order valence-corrected chi connectivity index (χ4v) is 3.74. The van der Waals surface area contributed by atoms with E-state index < -0.39 is 11.9 Å². The van der Waals surface area contributed by atoms with Gasteiger partial charge in [0.2, 0.25) is 0 Å². The summed E-state index contributed by atoms with van der Waals surface area (Å²) >= 11 is 0. The zero-order chi connectivity index (χ0) is 22.6. The third kappa shape index (κ3) is 4.16. The summed E-state index contributed by atoms with van der Waals surface area (Å²) in [5.74, 6) is -0.981. The molecule has 0 amide bonds. The van der Waals surface area contributed by atoms with Gasteiger partial charge in [0.15, 0.2) is 0 Å². The predicted molar refractivity (Wildman–Crippen MR) is 126 cm³/mol. The Morgan fingerprint density at radius 3 is 1.91 bits per heavy atom. The van der Waals surface area contributed by atoms with E-state index in [9.17, 15) is 9.59 Å². The number of hydrogen-bond acceptors (Lipinski definition) is 5. The van der Waals surface area contributed by atoms with E-state index in [2.05, 4.69) is 4.98 Å². The van der Waals surface area contributed by atoms with E-state index in [0.29, 0.717) is 27.4 Å². The molecule has 5 rings (SSSR count). The number of fused-ring (bicyclic) bond motifs is 2. The number of esters is 2. The van der Waals surface area contributed by atoms with Crippen LogP contribution in [0.3, 0.4) is 0 Å². The molecule has 1 aromatic heterocycles. The molecule has 5 aromatic rings. The Morgan fingerprint density at radius 2 is 1.21 bits per heavy atom. The molecule has 0 N–H and O–H groups in total. The van der Waals surface area contributed by atoms with Gasteiger partial charge in [-0.25, -0.2) is 14.6 Å². The zero-order valence-corrected chi connectivity index (χ0v) is 17.6. The van der Waals surface area contributed by atoms with Crippen LogP contribution in [0.4, 0.5) is 0 Å². The molecule has 160 valence electrons. The van der Waals surface area contributed by atoms with Gasteiger partial charge in [0.25, 0.3) is 0 Å². The molecule has 0 bridgehead atoms. The van der Waals surface area contributed by atoms with E-state index in [-0.39, 0.29) is 17.9 Å². The van der Waals surface area contributed by atoms with Crippen molar-refractivity contribution < 1.29 is 19.1 Å². The van der Waals surface area contributed by atoms with Crippen LogP contribution in [0, 0.1) is 0 Å². The highest BCUT2D eigenvalue weighted by Gasteiger charge is 2.21. The predicted octanol–water partition coefficient (Wildman–Crippen LogP) is 5.96. The summed E-state index contributed by atoms with van der Waals surface area (Å²) in [5.41, 5.74) is 2.85. The van der Waals surface area contributed by atoms with Gasteiger partial charge in [-0.3, -0.25) is 0 Å². The normalized spacial score (nSPS) is 10.8. The number of nitrogens with zero attached hydrogens (tertiary/aromatic N) is 1. The van der Waals surface area contributed by atoms with Crippen LogP contribution in [0.2, 0.25) is 0 Å². The summed E-state index contributed by atoms with van der Waals surface area (Å²) in [7, 11) is 0. The first-order valence-corrected chi connectivity index (χ1v) is 10.5. The van der Waals surface area contributed by atoms with Crippen LogP contribution in [0.25, 0.3) is 21.8 Å². The standard InChI is InChI=1S/C28H19NO4/c30-27(32-18-19-10-2-1-3-11-19)22-14-6-9-17-25(22)33-28(31)26-20-12-4-7-15-23(20)29-24-16-8-5-13-21(24)26/h1-17H,18H2. The van der Waals surface area contributed by atoms with Crippen LogP contribution >= 0.6 is 0 Å². The zero-order valence-electron chi connectivity index (χ0n) is 17.6. The maximum absolute atomic E-state index is 13.4. The van der Waals surface area contributed by atoms with Gasteiger partial charge in [-0.05, 0) is 29.8 Å². The molecule has 0 aliphatic heterocycles. The summed E-state index contributed by atoms with van der Waals surface area (Å²) < 4.78 is 11.2. The second-order valence-corrected chi connectivity index (χ2v) is 7.47. The van der Waals surface area contributed by atoms with Crippen molar-refractivity contribution in [3.63, 3.8) is 0 Å². The summed E-state index contributed by atoms with van der Waals surface area (Å²) in [6.45, 7) is 0.127. The third-order valence-corrected chi connectivity index (χ3v) is 5.31. The number of hydrogen-bond donors (Lipinski definition) is 0. The van der Waals surface area contributed by atoms with Crippen LogP contribution < -0.4 is 4.74 Å². The van der Waals surface area contributed by atoms with Crippen molar-refractivity contribution in [2.45, 2.75) is 6.61 Å². The smallest absolute Gasteiger partial charge is 0.344 e. The highest BCUT2D eigenvalue weighted by atomic mass is 16.5. The van der Waals surface area contributed by atoms with Crippen molar-refractivity contribution >= 4 is 33.7 Å². The summed E-state index contributed by atoms with van der Waals surface area (Å²) in [6, 6.07) is 30.8. The number of pyridine rings is 1. The Morgan fingerprint density at radius 1 is 0.636 bits per heavy atom. The first-order chi connectivity index (χ1) is 16.2. The van der Waals surface area contributed by atoms with E-state index in [0.717, 1.165) is 5.56 Å². The summed E-state index contributed by atoms with van der Waals surface area (Å²) in [5, 5.41) is 1.37. The van der Waals surface area contributed by atoms with Crippen molar-refractivity contribution in [2.24, 2.45) is 0 Å². The molecular formula is C28H19NO4. The minimum absolute atomic E-state index is 0.127. The molecule has 5 heteroatoms. The average molecular weight is 433 g/mol. The molecule has 4 aromatic carbocycles. The van der Waals surface area contributed by atoms with Gasteiger partial charge >= 0.3 is 11.9 Å². The fraction of sp³-hybridized carbons (Fsp3) is 0.0357. The molecule has 0 fully saturated rings. The lowest BCUT2D eigenvalue weighted by atomic mass is 10.0. The lowest BCUT2D eigenvalue weighted by molar-refractivity contribution is 0.0467. The molecule has 0 radical (unpaired) electrons. The number of aromatic nitrogens is 1.